The Bertz CT molecular complexity index is 391. The van der Waals surface area contributed by atoms with Crippen LogP contribution in [0.4, 0.5) is 0 Å². The van der Waals surface area contributed by atoms with Gasteiger partial charge in [-0.15, -0.1) is 0 Å². The molecule has 4 heteroatoms. The second-order valence-electron chi connectivity index (χ2n) is 7.02. The average molecular weight is 287 g/mol. The fourth-order valence-electron chi connectivity index (χ4n) is 4.17. The lowest BCUT2D eigenvalue weighted by atomic mass is 9.81. The summed E-state index contributed by atoms with van der Waals surface area (Å²) in [5.74, 6) is 2.20. The van der Waals surface area contributed by atoms with Gasteiger partial charge in [-0.25, -0.2) is 0 Å². The average Bonchev–Trinajstić information content (AvgIpc) is 2.77. The van der Waals surface area contributed by atoms with Crippen molar-refractivity contribution in [3.05, 3.63) is 17.1 Å². The van der Waals surface area contributed by atoms with Gasteiger partial charge in [-0.05, 0) is 23.8 Å². The van der Waals surface area contributed by atoms with Crippen LogP contribution in [0.25, 0.3) is 0 Å². The van der Waals surface area contributed by atoms with E-state index in [0.29, 0.717) is 23.9 Å². The first kappa shape index (κ1) is 15.2. The lowest BCUT2D eigenvalue weighted by molar-refractivity contribution is -0.0503. The van der Waals surface area contributed by atoms with Crippen molar-refractivity contribution in [2.45, 2.75) is 52.4 Å². The van der Waals surface area contributed by atoms with E-state index in [9.17, 15) is 10.2 Å². The predicted molar refractivity (Wildman–Crippen MR) is 68.5 cm³/mol. The number of fused-ring (bicyclic) bond motifs is 1. The first-order valence-electron chi connectivity index (χ1n) is 6.91. The molecule has 0 saturated heterocycles. The highest BCUT2D eigenvalue weighted by atomic mass is 35.5. The van der Waals surface area contributed by atoms with Crippen molar-refractivity contribution in [3.63, 3.8) is 0 Å². The molecule has 1 heterocycles. The maximum absolute atomic E-state index is 10.6. The third-order valence-electron chi connectivity index (χ3n) is 5.05. The Morgan fingerprint density at radius 3 is 2.58 bits per heavy atom. The van der Waals surface area contributed by atoms with E-state index in [1.165, 1.54) is 5.92 Å². The van der Waals surface area contributed by atoms with Crippen LogP contribution in [0.1, 0.15) is 40.0 Å². The van der Waals surface area contributed by atoms with Crippen molar-refractivity contribution in [2.24, 2.45) is 17.3 Å². The van der Waals surface area contributed by atoms with Crippen LogP contribution in [0.2, 0.25) is 0 Å². The van der Waals surface area contributed by atoms with Gasteiger partial charge in [-0.1, -0.05) is 13.8 Å². The van der Waals surface area contributed by atoms with E-state index in [1.807, 2.05) is 0 Å². The molecule has 0 aromatic carbocycles. The van der Waals surface area contributed by atoms with Gasteiger partial charge >= 0.3 is 0 Å². The van der Waals surface area contributed by atoms with Gasteiger partial charge in [-0.3, -0.25) is 0 Å². The highest BCUT2D eigenvalue weighted by Gasteiger charge is 2.54. The summed E-state index contributed by atoms with van der Waals surface area (Å²) in [6.45, 7) is 7.15. The summed E-state index contributed by atoms with van der Waals surface area (Å²) in [5.41, 5.74) is 2.19. The molecule has 0 aromatic heterocycles. The molecule has 3 rings (SSSR count). The Morgan fingerprint density at radius 1 is 1.21 bits per heavy atom. The molecule has 3 aliphatic rings. The Kier molecular flexibility index (Phi) is 3.96. The molecular formula is C15H23ClO3. The van der Waals surface area contributed by atoms with E-state index >= 15 is 0 Å². The van der Waals surface area contributed by atoms with Crippen LogP contribution >= 0.6 is 0 Å². The van der Waals surface area contributed by atoms with Crippen LogP contribution in [-0.2, 0) is 4.74 Å². The maximum atomic E-state index is 10.6. The van der Waals surface area contributed by atoms with E-state index < -0.39 is 12.4 Å². The Hall–Kier alpha value is -0.220. The number of halogens is 1. The Labute approximate surface area is 121 Å². The first-order valence-corrected chi connectivity index (χ1v) is 6.91. The summed E-state index contributed by atoms with van der Waals surface area (Å²) in [6.07, 6.45) is 1.78. The van der Waals surface area contributed by atoms with Crippen LogP contribution < -0.4 is 12.4 Å². The van der Waals surface area contributed by atoms with Crippen molar-refractivity contribution in [3.8, 4) is 0 Å². The van der Waals surface area contributed by atoms with E-state index in [0.717, 1.165) is 30.4 Å². The second kappa shape index (κ2) is 4.96. The van der Waals surface area contributed by atoms with Gasteiger partial charge in [0.15, 0.2) is 6.29 Å². The Balaban J connectivity index is 0.00000133. The van der Waals surface area contributed by atoms with E-state index in [2.05, 4.69) is 20.8 Å². The van der Waals surface area contributed by atoms with Crippen LogP contribution in [0.15, 0.2) is 11.1 Å². The molecule has 108 valence electrons. The number of aliphatic hydroxyl groups is 2. The third-order valence-corrected chi connectivity index (χ3v) is 5.05. The molecule has 1 fully saturated rings. The van der Waals surface area contributed by atoms with Crippen molar-refractivity contribution >= 4 is 0 Å². The van der Waals surface area contributed by atoms with Crippen molar-refractivity contribution in [2.75, 3.05) is 6.61 Å². The van der Waals surface area contributed by atoms with Gasteiger partial charge in [0.2, 0.25) is 0 Å². The first-order chi connectivity index (χ1) is 8.39. The molecule has 2 aliphatic carbocycles. The quantitative estimate of drug-likeness (QED) is 0.446. The van der Waals surface area contributed by atoms with Crippen LogP contribution in [0, 0.1) is 23.2 Å². The summed E-state index contributed by atoms with van der Waals surface area (Å²) in [4.78, 5) is 0. The maximum Gasteiger partial charge on any atom is 0.182 e. The number of ether oxygens (including phenoxy) is 1. The molecule has 4 atom stereocenters. The molecule has 0 unspecified atom stereocenters. The van der Waals surface area contributed by atoms with Gasteiger partial charge in [0.1, 0.15) is 12.3 Å². The standard InChI is InChI=1S/C15H23O3.ClH/c1-8-4-9-12(7-18-14(9)17)13(16)11-6-15(2,3)5-10(8)11;/h10-11,13-14,16-17H,4-7H2,1-3H3;1H/q+1;/p-1/t10-,11-,13+,14+;/m1./s1. The highest BCUT2D eigenvalue weighted by molar-refractivity contribution is 5.32. The summed E-state index contributed by atoms with van der Waals surface area (Å²) in [6, 6.07) is 0. The zero-order chi connectivity index (χ0) is 13.1. The number of aliphatic hydroxyl groups excluding tert-OH is 2. The largest absolute Gasteiger partial charge is 1.00 e. The summed E-state index contributed by atoms with van der Waals surface area (Å²) < 4.78 is 5.28. The van der Waals surface area contributed by atoms with Crippen molar-refractivity contribution in [1.82, 2.24) is 0 Å². The van der Waals surface area contributed by atoms with Crippen LogP contribution in [-0.4, -0.2) is 29.2 Å². The molecule has 3 nitrogen and oxygen atoms in total. The normalized spacial score (nSPS) is 40.6. The molecule has 1 saturated carbocycles. The van der Waals surface area contributed by atoms with Gasteiger partial charge in [0, 0.05) is 11.5 Å². The van der Waals surface area contributed by atoms with Gasteiger partial charge < -0.3 is 27.4 Å². The summed E-state index contributed by atoms with van der Waals surface area (Å²) >= 11 is 0. The lowest BCUT2D eigenvalue weighted by Crippen LogP contribution is -3.00. The number of hydrogen-bond acceptors (Lipinski definition) is 3. The molecule has 0 radical (unpaired) electrons. The van der Waals surface area contributed by atoms with Gasteiger partial charge in [0.25, 0.3) is 0 Å². The molecule has 0 amide bonds. The predicted octanol–water partition coefficient (Wildman–Crippen LogP) is -0.953. The minimum absolute atomic E-state index is 0. The minimum atomic E-state index is -0.795. The van der Waals surface area contributed by atoms with Gasteiger partial charge in [-0.2, -0.15) is 0 Å². The third kappa shape index (κ3) is 2.42. The van der Waals surface area contributed by atoms with E-state index in [-0.39, 0.29) is 12.4 Å². The van der Waals surface area contributed by atoms with Crippen LogP contribution in [0.3, 0.4) is 0 Å². The fourth-order valence-corrected chi connectivity index (χ4v) is 4.17. The van der Waals surface area contributed by atoms with Crippen molar-refractivity contribution < 1.29 is 27.4 Å². The fraction of sp³-hybridized carbons (Fsp3) is 0.800. The van der Waals surface area contributed by atoms with E-state index in [4.69, 9.17) is 4.74 Å². The second-order valence-corrected chi connectivity index (χ2v) is 7.02. The number of hydrogen-bond donors (Lipinski definition) is 2. The van der Waals surface area contributed by atoms with Crippen molar-refractivity contribution in [1.29, 1.82) is 0 Å². The number of rotatable bonds is 0. The molecule has 0 aromatic rings. The smallest absolute Gasteiger partial charge is 0.182 e. The van der Waals surface area contributed by atoms with Gasteiger partial charge in [0.05, 0.1) is 25.6 Å². The lowest BCUT2D eigenvalue weighted by Gasteiger charge is -2.21. The minimum Gasteiger partial charge on any atom is -1.00 e. The monoisotopic (exact) mass is 286 g/mol. The summed E-state index contributed by atoms with van der Waals surface area (Å²) in [7, 11) is 0. The Morgan fingerprint density at radius 2 is 1.89 bits per heavy atom. The molecule has 0 spiro atoms. The van der Waals surface area contributed by atoms with E-state index in [1.54, 1.807) is 0 Å². The topological polar surface area (TPSA) is 49.7 Å². The van der Waals surface area contributed by atoms with Crippen LogP contribution in [0.5, 0.6) is 0 Å². The zero-order valence-corrected chi connectivity index (χ0v) is 12.6. The molecule has 0 bridgehead atoms. The molecule has 1 aliphatic heterocycles. The molecule has 2 N–H and O–H groups in total. The molecular weight excluding hydrogens is 264 g/mol. The highest BCUT2D eigenvalue weighted by Crippen LogP contribution is 2.54. The summed E-state index contributed by atoms with van der Waals surface area (Å²) in [5, 5.41) is 20.5. The molecule has 19 heavy (non-hydrogen) atoms. The zero-order valence-electron chi connectivity index (χ0n) is 11.8. The SMILES string of the molecule is C[C+]1CC2=C(CO[C@@H]2O)[C@@H](O)[C@@H]2CC(C)(C)C[C@H]12.[Cl-].